The van der Waals surface area contributed by atoms with Crippen LogP contribution < -0.4 is 5.32 Å². The molecule has 0 amide bonds. The number of unbranched alkanes of at least 4 members (excludes halogenated alkanes) is 1. The minimum Gasteiger partial charge on any atom is -0.508 e. The molecule has 0 aliphatic rings. The molecule has 114 valence electrons. The molecule has 1 aromatic heterocycles. The lowest BCUT2D eigenvalue weighted by Gasteiger charge is -2.09. The first kappa shape index (κ1) is 15.5. The highest BCUT2D eigenvalue weighted by molar-refractivity contribution is 5.92. The van der Waals surface area contributed by atoms with Gasteiger partial charge in [0.2, 0.25) is 0 Å². The van der Waals surface area contributed by atoms with E-state index in [0.717, 1.165) is 42.6 Å². The molecule has 0 bridgehead atoms. The molecule has 0 atom stereocenters. The van der Waals surface area contributed by atoms with Crippen LogP contribution in [-0.2, 0) is 9.47 Å². The summed E-state index contributed by atoms with van der Waals surface area (Å²) in [7, 11) is 1.67. The van der Waals surface area contributed by atoms with Crippen LogP contribution in [0, 0.1) is 0 Å². The molecule has 0 aliphatic heterocycles. The molecule has 2 rings (SSSR count). The van der Waals surface area contributed by atoms with Gasteiger partial charge in [-0.05, 0) is 36.4 Å². The number of nitrogens with one attached hydrogen (secondary N) is 1. The summed E-state index contributed by atoms with van der Waals surface area (Å²) < 4.78 is 10.3. The Bertz CT molecular complexity index is 560. The van der Waals surface area contributed by atoms with Gasteiger partial charge in [-0.1, -0.05) is 6.07 Å². The maximum Gasteiger partial charge on any atom is 0.133 e. The molecular weight excluding hydrogens is 268 g/mol. The third-order valence-corrected chi connectivity index (χ3v) is 3.19. The van der Waals surface area contributed by atoms with Crippen LogP contribution in [0.5, 0.6) is 5.75 Å². The number of pyridine rings is 1. The average molecular weight is 290 g/mol. The van der Waals surface area contributed by atoms with Crippen molar-refractivity contribution in [2.75, 3.05) is 38.8 Å². The number of rotatable bonds is 9. The lowest BCUT2D eigenvalue weighted by Crippen LogP contribution is -2.07. The van der Waals surface area contributed by atoms with Crippen molar-refractivity contribution in [3.8, 4) is 5.75 Å². The highest BCUT2D eigenvalue weighted by Gasteiger charge is 2.02. The lowest BCUT2D eigenvalue weighted by molar-refractivity contribution is 0.0691. The van der Waals surface area contributed by atoms with Gasteiger partial charge in [0.1, 0.15) is 11.6 Å². The number of hydrogen-bond acceptors (Lipinski definition) is 5. The van der Waals surface area contributed by atoms with Crippen LogP contribution in [0.1, 0.15) is 12.8 Å². The Hall–Kier alpha value is -1.85. The Morgan fingerprint density at radius 3 is 2.90 bits per heavy atom. The van der Waals surface area contributed by atoms with Crippen molar-refractivity contribution >= 4 is 16.6 Å². The molecule has 0 radical (unpaired) electrons. The summed E-state index contributed by atoms with van der Waals surface area (Å²) in [5.74, 6) is 1.06. The SMILES string of the molecule is COCCOCCCCNc1nccc2ccc(O)cc12. The number of benzene rings is 1. The third-order valence-electron chi connectivity index (χ3n) is 3.19. The van der Waals surface area contributed by atoms with Gasteiger partial charge in [-0.25, -0.2) is 4.98 Å². The van der Waals surface area contributed by atoms with Gasteiger partial charge in [0.15, 0.2) is 0 Å². The van der Waals surface area contributed by atoms with Gasteiger partial charge < -0.3 is 19.9 Å². The molecule has 5 nitrogen and oxygen atoms in total. The van der Waals surface area contributed by atoms with E-state index in [0.29, 0.717) is 13.2 Å². The predicted molar refractivity (Wildman–Crippen MR) is 83.8 cm³/mol. The summed E-state index contributed by atoms with van der Waals surface area (Å²) in [5.41, 5.74) is 0. The number of hydrogen-bond donors (Lipinski definition) is 2. The third kappa shape index (κ3) is 4.88. The molecule has 1 heterocycles. The molecular formula is C16H22N2O3. The molecule has 5 heteroatoms. The zero-order valence-corrected chi connectivity index (χ0v) is 12.3. The van der Waals surface area contributed by atoms with Crippen molar-refractivity contribution in [3.05, 3.63) is 30.5 Å². The van der Waals surface area contributed by atoms with E-state index in [1.165, 1.54) is 0 Å². The van der Waals surface area contributed by atoms with Crippen LogP contribution in [0.2, 0.25) is 0 Å². The zero-order chi connectivity index (χ0) is 14.9. The number of aromatic hydroxyl groups is 1. The maximum absolute atomic E-state index is 9.58. The number of nitrogens with zero attached hydrogens (tertiary/aromatic N) is 1. The molecule has 0 spiro atoms. The Balaban J connectivity index is 1.77. The van der Waals surface area contributed by atoms with E-state index in [1.807, 2.05) is 12.1 Å². The number of anilines is 1. The van der Waals surface area contributed by atoms with Crippen LogP contribution in [0.4, 0.5) is 5.82 Å². The van der Waals surface area contributed by atoms with E-state index < -0.39 is 0 Å². The van der Waals surface area contributed by atoms with Gasteiger partial charge in [-0.15, -0.1) is 0 Å². The van der Waals surface area contributed by atoms with Crippen molar-refractivity contribution in [1.82, 2.24) is 4.98 Å². The number of phenolic OH excluding ortho intramolecular Hbond substituents is 1. The fourth-order valence-electron chi connectivity index (χ4n) is 2.08. The molecule has 0 saturated heterocycles. The maximum atomic E-state index is 9.58. The smallest absolute Gasteiger partial charge is 0.133 e. The van der Waals surface area contributed by atoms with Crippen molar-refractivity contribution in [3.63, 3.8) is 0 Å². The monoisotopic (exact) mass is 290 g/mol. The van der Waals surface area contributed by atoms with Gasteiger partial charge in [-0.3, -0.25) is 0 Å². The second kappa shape index (κ2) is 8.44. The summed E-state index contributed by atoms with van der Waals surface area (Å²) in [4.78, 5) is 4.34. The largest absolute Gasteiger partial charge is 0.508 e. The average Bonchev–Trinajstić information content (AvgIpc) is 2.50. The van der Waals surface area contributed by atoms with Gasteiger partial charge in [0.05, 0.1) is 13.2 Å². The zero-order valence-electron chi connectivity index (χ0n) is 12.3. The van der Waals surface area contributed by atoms with Crippen LogP contribution in [-0.4, -0.2) is 43.6 Å². The van der Waals surface area contributed by atoms with Gasteiger partial charge in [-0.2, -0.15) is 0 Å². The summed E-state index contributed by atoms with van der Waals surface area (Å²) >= 11 is 0. The summed E-state index contributed by atoms with van der Waals surface area (Å²) in [6.45, 7) is 2.86. The van der Waals surface area contributed by atoms with E-state index in [1.54, 1.807) is 25.4 Å². The molecule has 1 aromatic carbocycles. The van der Waals surface area contributed by atoms with Gasteiger partial charge >= 0.3 is 0 Å². The minimum atomic E-state index is 0.255. The second-order valence-electron chi connectivity index (χ2n) is 4.80. The number of fused-ring (bicyclic) bond motifs is 1. The van der Waals surface area contributed by atoms with E-state index in [-0.39, 0.29) is 5.75 Å². The number of aromatic nitrogens is 1. The molecule has 0 aliphatic carbocycles. The number of phenols is 1. The summed E-state index contributed by atoms with van der Waals surface area (Å²) in [6, 6.07) is 7.24. The normalized spacial score (nSPS) is 10.9. The Labute approximate surface area is 124 Å². The first-order chi connectivity index (χ1) is 10.3. The Morgan fingerprint density at radius 1 is 1.14 bits per heavy atom. The minimum absolute atomic E-state index is 0.255. The Kier molecular flexibility index (Phi) is 6.24. The highest BCUT2D eigenvalue weighted by atomic mass is 16.5. The summed E-state index contributed by atoms with van der Waals surface area (Å²) in [6.07, 6.45) is 3.77. The first-order valence-corrected chi connectivity index (χ1v) is 7.19. The van der Waals surface area contributed by atoms with Gasteiger partial charge in [0.25, 0.3) is 0 Å². The van der Waals surface area contributed by atoms with E-state index in [2.05, 4.69) is 10.3 Å². The van der Waals surface area contributed by atoms with Crippen LogP contribution in [0.25, 0.3) is 10.8 Å². The molecule has 0 fully saturated rings. The Morgan fingerprint density at radius 2 is 2.05 bits per heavy atom. The second-order valence-corrected chi connectivity index (χ2v) is 4.80. The fourth-order valence-corrected chi connectivity index (χ4v) is 2.08. The standard InChI is InChI=1S/C16H22N2O3/c1-20-10-11-21-9-3-2-7-17-16-15-12-14(19)5-4-13(15)6-8-18-16/h4-6,8,12,19H,2-3,7,9-11H2,1H3,(H,17,18). The quantitative estimate of drug-likeness (QED) is 0.695. The number of ether oxygens (including phenoxy) is 2. The van der Waals surface area contributed by atoms with Crippen molar-refractivity contribution in [1.29, 1.82) is 0 Å². The van der Waals surface area contributed by atoms with E-state index >= 15 is 0 Å². The molecule has 2 N–H and O–H groups in total. The van der Waals surface area contributed by atoms with Crippen molar-refractivity contribution in [2.45, 2.75) is 12.8 Å². The van der Waals surface area contributed by atoms with E-state index in [9.17, 15) is 5.11 Å². The summed E-state index contributed by atoms with van der Waals surface area (Å²) in [5, 5.41) is 14.9. The molecule has 21 heavy (non-hydrogen) atoms. The van der Waals surface area contributed by atoms with Gasteiger partial charge in [0, 0.05) is 31.8 Å². The topological polar surface area (TPSA) is 63.6 Å². The molecule has 0 saturated carbocycles. The fraction of sp³-hybridized carbons (Fsp3) is 0.438. The van der Waals surface area contributed by atoms with E-state index in [4.69, 9.17) is 9.47 Å². The van der Waals surface area contributed by atoms with Crippen molar-refractivity contribution in [2.24, 2.45) is 0 Å². The molecule has 2 aromatic rings. The first-order valence-electron chi connectivity index (χ1n) is 7.19. The van der Waals surface area contributed by atoms with Crippen LogP contribution >= 0.6 is 0 Å². The van der Waals surface area contributed by atoms with Crippen LogP contribution in [0.15, 0.2) is 30.5 Å². The van der Waals surface area contributed by atoms with Crippen molar-refractivity contribution < 1.29 is 14.6 Å². The lowest BCUT2D eigenvalue weighted by atomic mass is 10.1. The van der Waals surface area contributed by atoms with Crippen LogP contribution in [0.3, 0.4) is 0 Å². The number of methoxy groups -OCH3 is 1. The highest BCUT2D eigenvalue weighted by Crippen LogP contribution is 2.24. The molecule has 0 unspecified atom stereocenters. The predicted octanol–water partition coefficient (Wildman–Crippen LogP) is 2.80.